The Morgan fingerprint density at radius 1 is 1.25 bits per heavy atom. The molecule has 0 saturated heterocycles. The normalized spacial score (nSPS) is 20.7. The molecule has 8 nitrogen and oxygen atoms in total. The Kier molecular flexibility index (Phi) is 8.67. The molecule has 0 radical (unpaired) electrons. The second-order valence-corrected chi connectivity index (χ2v) is 10.5. The van der Waals surface area contributed by atoms with Crippen molar-refractivity contribution < 1.29 is 18.7 Å². The van der Waals surface area contributed by atoms with Gasteiger partial charge in [-0.25, -0.2) is 9.07 Å². The van der Waals surface area contributed by atoms with Crippen LogP contribution in [0, 0.1) is 11.2 Å². The first-order valence-electron chi connectivity index (χ1n) is 12.5. The van der Waals surface area contributed by atoms with Crippen LogP contribution in [0.2, 0.25) is 0 Å². The Balaban J connectivity index is 0.00000361. The number of carbonyl (C=O) groups excluding carboxylic acids is 2. The van der Waals surface area contributed by atoms with Gasteiger partial charge in [-0.2, -0.15) is 5.10 Å². The second kappa shape index (κ2) is 11.2. The van der Waals surface area contributed by atoms with Gasteiger partial charge < -0.3 is 21.5 Å². The number of amides is 1. The molecule has 0 spiro atoms. The van der Waals surface area contributed by atoms with Gasteiger partial charge in [-0.15, -0.1) is 12.4 Å². The minimum absolute atomic E-state index is 0. The third-order valence-corrected chi connectivity index (χ3v) is 7.27. The van der Waals surface area contributed by atoms with Gasteiger partial charge in [0.1, 0.15) is 11.9 Å². The number of rotatable bonds is 7. The summed E-state index contributed by atoms with van der Waals surface area (Å²) in [6.45, 7) is 6.42. The number of nitrogens with two attached hydrogens (primary N) is 2. The number of halogens is 2. The Morgan fingerprint density at radius 3 is 2.56 bits per heavy atom. The van der Waals surface area contributed by atoms with Gasteiger partial charge in [-0.05, 0) is 68.4 Å². The fourth-order valence-electron chi connectivity index (χ4n) is 5.37. The standard InChI is InChI=1S/C26H36FN5O3.ClH/c1-4-20-18-9-10-26(2,3)13-22(18)32(31-20)16-11-19(27)24(25(29)34)21(12-16)30-15-5-7-17(8-6-15)35-23(33)14-28;/h11-12,15,17,30H,4-10,13-14,28H2,1-3H3,(H2,29,34);1H/t15-,17-;. The third kappa shape index (κ3) is 5.83. The lowest BCUT2D eigenvalue weighted by molar-refractivity contribution is -0.148. The molecule has 10 heteroatoms. The van der Waals surface area contributed by atoms with Gasteiger partial charge in [0.05, 0.1) is 29.2 Å². The lowest BCUT2D eigenvalue weighted by atomic mass is 9.76. The van der Waals surface area contributed by atoms with Crippen molar-refractivity contribution in [2.24, 2.45) is 16.9 Å². The van der Waals surface area contributed by atoms with E-state index in [4.69, 9.17) is 21.3 Å². The van der Waals surface area contributed by atoms with E-state index in [9.17, 15) is 9.59 Å². The number of nitrogens with one attached hydrogen (secondary N) is 1. The molecule has 2 aliphatic carbocycles. The van der Waals surface area contributed by atoms with Crippen LogP contribution in [0.1, 0.15) is 80.2 Å². The van der Waals surface area contributed by atoms with Gasteiger partial charge in [0.2, 0.25) is 0 Å². The number of nitrogens with zero attached hydrogens (tertiary/aromatic N) is 2. The predicted molar refractivity (Wildman–Crippen MR) is 139 cm³/mol. The Bertz CT molecular complexity index is 1130. The van der Waals surface area contributed by atoms with Crippen molar-refractivity contribution in [1.82, 2.24) is 9.78 Å². The van der Waals surface area contributed by atoms with Crippen molar-refractivity contribution in [2.75, 3.05) is 11.9 Å². The Labute approximate surface area is 217 Å². The highest BCUT2D eigenvalue weighted by molar-refractivity contribution is 5.99. The van der Waals surface area contributed by atoms with Crippen LogP contribution in [-0.4, -0.2) is 40.3 Å². The van der Waals surface area contributed by atoms with E-state index in [-0.39, 0.29) is 42.1 Å². The average Bonchev–Trinajstić information content (AvgIpc) is 3.16. The molecule has 1 aromatic heterocycles. The van der Waals surface area contributed by atoms with Crippen LogP contribution in [-0.2, 0) is 28.8 Å². The number of benzene rings is 1. The van der Waals surface area contributed by atoms with Crippen LogP contribution >= 0.6 is 12.4 Å². The average molecular weight is 522 g/mol. The first kappa shape index (κ1) is 27.9. The van der Waals surface area contributed by atoms with E-state index in [1.807, 2.05) is 4.68 Å². The van der Waals surface area contributed by atoms with Crippen molar-refractivity contribution in [3.05, 3.63) is 40.5 Å². The highest BCUT2D eigenvalue weighted by atomic mass is 35.5. The molecule has 0 unspecified atom stereocenters. The molecule has 1 fully saturated rings. The fourth-order valence-corrected chi connectivity index (χ4v) is 5.37. The van der Waals surface area contributed by atoms with Gasteiger partial charge in [0, 0.05) is 17.8 Å². The Morgan fingerprint density at radius 2 is 1.94 bits per heavy atom. The van der Waals surface area contributed by atoms with Crippen LogP contribution in [0.4, 0.5) is 10.1 Å². The third-order valence-electron chi connectivity index (χ3n) is 7.27. The van der Waals surface area contributed by atoms with Crippen LogP contribution < -0.4 is 16.8 Å². The number of aryl methyl sites for hydroxylation is 1. The maximum absolute atomic E-state index is 15.3. The number of fused-ring (bicyclic) bond motifs is 1. The molecule has 1 saturated carbocycles. The molecule has 0 atom stereocenters. The number of hydrogen-bond donors (Lipinski definition) is 3. The molecule has 5 N–H and O–H groups in total. The minimum atomic E-state index is -0.819. The highest BCUT2D eigenvalue weighted by Gasteiger charge is 2.32. The number of aromatic nitrogens is 2. The Hall–Kier alpha value is -2.65. The van der Waals surface area contributed by atoms with E-state index >= 15 is 4.39 Å². The van der Waals surface area contributed by atoms with Crippen LogP contribution in [0.25, 0.3) is 5.69 Å². The van der Waals surface area contributed by atoms with Gasteiger partial charge in [-0.3, -0.25) is 9.59 Å². The molecule has 0 aliphatic heterocycles. The number of anilines is 1. The minimum Gasteiger partial charge on any atom is -0.461 e. The molecular formula is C26H37ClFN5O3. The summed E-state index contributed by atoms with van der Waals surface area (Å²) in [5.41, 5.74) is 15.2. The monoisotopic (exact) mass is 521 g/mol. The number of carbonyl (C=O) groups is 2. The van der Waals surface area contributed by atoms with Gasteiger partial charge in [0.25, 0.3) is 5.91 Å². The highest BCUT2D eigenvalue weighted by Crippen LogP contribution is 2.38. The molecule has 1 aromatic carbocycles. The van der Waals surface area contributed by atoms with E-state index < -0.39 is 17.7 Å². The lowest BCUT2D eigenvalue weighted by Crippen LogP contribution is -2.33. The zero-order valence-electron chi connectivity index (χ0n) is 21.2. The number of primary amides is 1. The molecule has 2 aromatic rings. The molecule has 198 valence electrons. The molecule has 36 heavy (non-hydrogen) atoms. The van der Waals surface area contributed by atoms with Crippen molar-refractivity contribution in [3.8, 4) is 5.69 Å². The topological polar surface area (TPSA) is 125 Å². The van der Waals surface area contributed by atoms with Crippen LogP contribution in [0.3, 0.4) is 0 Å². The quantitative estimate of drug-likeness (QED) is 0.475. The van der Waals surface area contributed by atoms with E-state index in [1.165, 1.54) is 11.6 Å². The zero-order chi connectivity index (χ0) is 25.3. The summed E-state index contributed by atoms with van der Waals surface area (Å²) in [4.78, 5) is 23.6. The lowest BCUT2D eigenvalue weighted by Gasteiger charge is -2.31. The van der Waals surface area contributed by atoms with Crippen molar-refractivity contribution in [3.63, 3.8) is 0 Å². The summed E-state index contributed by atoms with van der Waals surface area (Å²) < 4.78 is 22.5. The predicted octanol–water partition coefficient (Wildman–Crippen LogP) is 3.83. The summed E-state index contributed by atoms with van der Waals surface area (Å²) in [5.74, 6) is -1.90. The van der Waals surface area contributed by atoms with E-state index in [0.717, 1.165) is 37.1 Å². The zero-order valence-corrected chi connectivity index (χ0v) is 22.0. The van der Waals surface area contributed by atoms with Crippen LogP contribution in [0.15, 0.2) is 12.1 Å². The summed E-state index contributed by atoms with van der Waals surface area (Å²) >= 11 is 0. The molecular weight excluding hydrogens is 485 g/mol. The SMILES string of the molecule is CCc1nn(-c2cc(F)c(C(N)=O)c(N[C@H]3CC[C@H](OC(=O)CN)CC3)c2)c2c1CCC(C)(C)C2.Cl. The van der Waals surface area contributed by atoms with Crippen molar-refractivity contribution >= 4 is 30.0 Å². The van der Waals surface area contributed by atoms with E-state index in [0.29, 0.717) is 37.1 Å². The van der Waals surface area contributed by atoms with E-state index in [2.05, 4.69) is 26.1 Å². The van der Waals surface area contributed by atoms with E-state index in [1.54, 1.807) is 6.07 Å². The summed E-state index contributed by atoms with van der Waals surface area (Å²) in [7, 11) is 0. The maximum atomic E-state index is 15.3. The first-order chi connectivity index (χ1) is 16.6. The van der Waals surface area contributed by atoms with Crippen molar-refractivity contribution in [1.29, 1.82) is 0 Å². The van der Waals surface area contributed by atoms with Gasteiger partial charge in [0.15, 0.2) is 0 Å². The molecule has 1 heterocycles. The number of hydrogen-bond acceptors (Lipinski definition) is 6. The summed E-state index contributed by atoms with van der Waals surface area (Å²) in [6.07, 6.45) is 6.27. The molecule has 0 bridgehead atoms. The van der Waals surface area contributed by atoms with Gasteiger partial charge in [-0.1, -0.05) is 20.8 Å². The summed E-state index contributed by atoms with van der Waals surface area (Å²) in [5, 5.41) is 8.18. The molecule has 2 aliphatic rings. The first-order valence-corrected chi connectivity index (χ1v) is 12.5. The number of esters is 1. The number of ether oxygens (including phenoxy) is 1. The van der Waals surface area contributed by atoms with Crippen LogP contribution in [0.5, 0.6) is 0 Å². The van der Waals surface area contributed by atoms with Gasteiger partial charge >= 0.3 is 5.97 Å². The second-order valence-electron chi connectivity index (χ2n) is 10.5. The smallest absolute Gasteiger partial charge is 0.319 e. The molecule has 4 rings (SSSR count). The fraction of sp³-hybridized carbons (Fsp3) is 0.577. The van der Waals surface area contributed by atoms with Crippen molar-refractivity contribution in [2.45, 2.75) is 84.3 Å². The largest absolute Gasteiger partial charge is 0.461 e. The summed E-state index contributed by atoms with van der Waals surface area (Å²) in [6, 6.07) is 3.12. The maximum Gasteiger partial charge on any atom is 0.319 e. The molecule has 1 amide bonds.